The fraction of sp³-hybridized carbons (Fsp3) is 0.710. The van der Waals surface area contributed by atoms with E-state index in [-0.39, 0.29) is 30.9 Å². The highest BCUT2D eigenvalue weighted by molar-refractivity contribution is 6.23. The van der Waals surface area contributed by atoms with Crippen molar-refractivity contribution < 1.29 is 57.5 Å². The number of fused-ring (bicyclic) bond motifs is 3. The lowest BCUT2D eigenvalue weighted by Gasteiger charge is -2.56. The summed E-state index contributed by atoms with van der Waals surface area (Å²) in [4.78, 5) is 63.5. The summed E-state index contributed by atoms with van der Waals surface area (Å²) in [6.45, 7) is 12.7. The summed E-state index contributed by atoms with van der Waals surface area (Å²) in [6, 6.07) is 0. The molecule has 0 aromatic heterocycles. The molecule has 2 aliphatic heterocycles. The smallest absolute Gasteiger partial charge is 0.344 e. The van der Waals surface area contributed by atoms with E-state index < -0.39 is 94.7 Å². The van der Waals surface area contributed by atoms with Gasteiger partial charge in [-0.1, -0.05) is 33.4 Å². The summed E-state index contributed by atoms with van der Waals surface area (Å²) in [6.07, 6.45) is -1.38. The summed E-state index contributed by atoms with van der Waals surface area (Å²) in [7, 11) is 0. The van der Waals surface area contributed by atoms with Crippen LogP contribution in [-0.4, -0.2) is 89.2 Å². The Morgan fingerprint density at radius 1 is 1.14 bits per heavy atom. The Morgan fingerprint density at radius 3 is 2.34 bits per heavy atom. The number of hydrogen-bond donors (Lipinski definition) is 1. The molecule has 4 aliphatic rings. The second kappa shape index (κ2) is 12.4. The van der Waals surface area contributed by atoms with Crippen LogP contribution in [0.25, 0.3) is 0 Å². The van der Waals surface area contributed by atoms with Gasteiger partial charge in [-0.05, 0) is 37.3 Å². The highest BCUT2D eigenvalue weighted by Gasteiger charge is 2.75. The molecule has 0 bridgehead atoms. The standard InChI is InChI=1S/C31H41ClO12/c1-15(2)12-22(35)39-13-23(36)43-20-9-8-16(3)24(32)26-31(38,17(4)28(37)44-26)27(42-19(6)34)25-29(20,7)21(41-18(5)33)10-11-30(25)14-40-30/h8-9,15,17,20-21,24-27,38H,3,10-14H2,1-2,4-7H3/b9-8-/t17-,20-,21-,24-,25+,26-,27-,29-,30-,31-/m0/s1. The van der Waals surface area contributed by atoms with E-state index in [1.807, 2.05) is 13.8 Å². The second-order valence-corrected chi connectivity index (χ2v) is 13.3. The van der Waals surface area contributed by atoms with Crippen LogP contribution >= 0.6 is 11.6 Å². The monoisotopic (exact) mass is 640 g/mol. The van der Waals surface area contributed by atoms with Crippen LogP contribution in [-0.2, 0) is 52.4 Å². The molecule has 4 rings (SSSR count). The SMILES string of the molecule is C=C1/C=C\[C@H](OC(=O)COC(=O)CC(C)C)[C@@]2(C)[C@@H](OC(C)=O)CC[C@]3(CO3)[C@@H]2[C@H](OC(C)=O)[C@]2(O)[C@@H](C)C(=O)O[C@H]2[C@H]1Cl. The Balaban J connectivity index is 1.90. The van der Waals surface area contributed by atoms with E-state index >= 15 is 0 Å². The molecule has 44 heavy (non-hydrogen) atoms. The largest absolute Gasteiger partial charge is 0.462 e. The molecule has 244 valence electrons. The number of alkyl halides is 1. The Hall–Kier alpha value is -2.96. The van der Waals surface area contributed by atoms with E-state index in [0.717, 1.165) is 6.92 Å². The van der Waals surface area contributed by atoms with Gasteiger partial charge in [0.1, 0.15) is 18.3 Å². The van der Waals surface area contributed by atoms with Gasteiger partial charge in [-0.15, -0.1) is 11.6 Å². The lowest BCUT2D eigenvalue weighted by molar-refractivity contribution is -0.239. The molecule has 1 N–H and O–H groups in total. The van der Waals surface area contributed by atoms with Crippen LogP contribution in [0.3, 0.4) is 0 Å². The van der Waals surface area contributed by atoms with Gasteiger partial charge in [0.25, 0.3) is 0 Å². The van der Waals surface area contributed by atoms with E-state index in [0.29, 0.717) is 6.42 Å². The minimum absolute atomic E-state index is 0.0112. The van der Waals surface area contributed by atoms with Gasteiger partial charge in [-0.2, -0.15) is 0 Å². The van der Waals surface area contributed by atoms with Crippen LogP contribution in [0.2, 0.25) is 0 Å². The third-order valence-electron chi connectivity index (χ3n) is 9.28. The maximum atomic E-state index is 13.2. The third-order valence-corrected chi connectivity index (χ3v) is 9.79. The van der Waals surface area contributed by atoms with E-state index in [4.69, 9.17) is 40.0 Å². The Morgan fingerprint density at radius 2 is 1.77 bits per heavy atom. The van der Waals surface area contributed by atoms with Crippen LogP contribution in [0.1, 0.15) is 60.8 Å². The Bertz CT molecular complexity index is 1240. The van der Waals surface area contributed by atoms with Gasteiger partial charge in [0.05, 0.1) is 28.9 Å². The van der Waals surface area contributed by atoms with Crippen molar-refractivity contribution in [2.75, 3.05) is 13.2 Å². The maximum Gasteiger partial charge on any atom is 0.344 e. The van der Waals surface area contributed by atoms with E-state index in [1.54, 1.807) is 6.92 Å². The van der Waals surface area contributed by atoms with E-state index in [2.05, 4.69) is 6.58 Å². The van der Waals surface area contributed by atoms with E-state index in [9.17, 15) is 29.1 Å². The van der Waals surface area contributed by atoms with Crippen molar-refractivity contribution in [2.45, 2.75) is 102 Å². The summed E-state index contributed by atoms with van der Waals surface area (Å²) in [5, 5.41) is 11.4. The van der Waals surface area contributed by atoms with Crippen LogP contribution < -0.4 is 0 Å². The van der Waals surface area contributed by atoms with Gasteiger partial charge in [-0.25, -0.2) is 4.79 Å². The molecule has 13 heteroatoms. The number of halogens is 1. The molecule has 1 spiro atoms. The first-order valence-corrected chi connectivity index (χ1v) is 15.2. The molecule has 1 saturated carbocycles. The quantitative estimate of drug-likeness (QED) is 0.187. The first-order chi connectivity index (χ1) is 20.5. The Kier molecular flexibility index (Phi) is 9.59. The summed E-state index contributed by atoms with van der Waals surface area (Å²) in [5.74, 6) is -5.86. The van der Waals surface area contributed by atoms with Gasteiger partial charge in [0.15, 0.2) is 18.3 Å². The van der Waals surface area contributed by atoms with Crippen molar-refractivity contribution in [3.63, 3.8) is 0 Å². The lowest BCUT2D eigenvalue weighted by atomic mass is 9.53. The predicted molar refractivity (Wildman–Crippen MR) is 153 cm³/mol. The van der Waals surface area contributed by atoms with Gasteiger partial charge < -0.3 is 33.5 Å². The molecule has 0 unspecified atom stereocenters. The summed E-state index contributed by atoms with van der Waals surface area (Å²) >= 11 is 6.77. The van der Waals surface area contributed by atoms with Crippen molar-refractivity contribution in [3.05, 3.63) is 24.3 Å². The second-order valence-electron chi connectivity index (χ2n) is 12.8. The lowest BCUT2D eigenvalue weighted by Crippen LogP contribution is -2.70. The average Bonchev–Trinajstić information content (AvgIpc) is 3.66. The molecule has 12 nitrogen and oxygen atoms in total. The van der Waals surface area contributed by atoms with Crippen LogP contribution in [0.5, 0.6) is 0 Å². The van der Waals surface area contributed by atoms with E-state index in [1.165, 1.54) is 26.0 Å². The first kappa shape index (κ1) is 33.9. The number of esters is 5. The maximum absolute atomic E-state index is 13.2. The molecule has 0 aromatic carbocycles. The molecular formula is C31H41ClO12. The van der Waals surface area contributed by atoms with Crippen molar-refractivity contribution in [3.8, 4) is 0 Å². The molecule has 0 amide bonds. The number of rotatable bonds is 7. The minimum atomic E-state index is -2.20. The summed E-state index contributed by atoms with van der Waals surface area (Å²) < 4.78 is 34.5. The highest BCUT2D eigenvalue weighted by Crippen LogP contribution is 2.62. The average molecular weight is 641 g/mol. The predicted octanol–water partition coefficient (Wildman–Crippen LogP) is 2.56. The zero-order valence-electron chi connectivity index (χ0n) is 25.8. The van der Waals surface area contributed by atoms with Crippen LogP contribution in [0, 0.1) is 23.2 Å². The number of epoxide rings is 1. The number of carbonyl (C=O) groups is 5. The molecule has 2 saturated heterocycles. The third kappa shape index (κ3) is 6.12. The number of aliphatic hydroxyl groups is 1. The topological polar surface area (TPSA) is 164 Å². The Labute approximate surface area is 261 Å². The molecular weight excluding hydrogens is 600 g/mol. The number of ether oxygens (including phenoxy) is 6. The molecule has 2 heterocycles. The van der Waals surface area contributed by atoms with Crippen molar-refractivity contribution in [1.29, 1.82) is 0 Å². The molecule has 2 aliphatic carbocycles. The minimum Gasteiger partial charge on any atom is -0.462 e. The summed E-state index contributed by atoms with van der Waals surface area (Å²) in [5.41, 5.74) is -4.47. The molecule has 10 atom stereocenters. The van der Waals surface area contributed by atoms with Crippen molar-refractivity contribution >= 4 is 41.4 Å². The normalized spacial score (nSPS) is 40.2. The molecule has 0 radical (unpaired) electrons. The zero-order chi connectivity index (χ0) is 32.8. The zero-order valence-corrected chi connectivity index (χ0v) is 26.6. The van der Waals surface area contributed by atoms with Gasteiger partial charge in [0.2, 0.25) is 0 Å². The number of hydrogen-bond acceptors (Lipinski definition) is 12. The van der Waals surface area contributed by atoms with Crippen LogP contribution in [0.4, 0.5) is 0 Å². The highest BCUT2D eigenvalue weighted by atomic mass is 35.5. The molecule has 3 fully saturated rings. The van der Waals surface area contributed by atoms with Crippen molar-refractivity contribution in [1.82, 2.24) is 0 Å². The molecule has 0 aromatic rings. The van der Waals surface area contributed by atoms with Gasteiger partial charge in [0, 0.05) is 26.2 Å². The first-order valence-electron chi connectivity index (χ1n) is 14.7. The van der Waals surface area contributed by atoms with Gasteiger partial charge in [-0.3, -0.25) is 19.2 Å². The number of allylic oxidation sites excluding steroid dienone is 1. The number of carbonyl (C=O) groups excluding carboxylic acids is 5. The van der Waals surface area contributed by atoms with Crippen molar-refractivity contribution in [2.24, 2.45) is 23.2 Å². The fourth-order valence-electron chi connectivity index (χ4n) is 7.02. The van der Waals surface area contributed by atoms with Crippen LogP contribution in [0.15, 0.2) is 24.3 Å². The fourth-order valence-corrected chi connectivity index (χ4v) is 7.35. The van der Waals surface area contributed by atoms with Gasteiger partial charge >= 0.3 is 29.8 Å².